The van der Waals surface area contributed by atoms with Gasteiger partial charge < -0.3 is 14.2 Å². The third-order valence-electron chi connectivity index (χ3n) is 11.3. The van der Waals surface area contributed by atoms with Crippen molar-refractivity contribution in [1.82, 2.24) is 0 Å². The lowest BCUT2D eigenvalue weighted by Gasteiger charge is -2.18. The Kier molecular flexibility index (Phi) is 48.4. The maximum absolute atomic E-state index is 12.8. The van der Waals surface area contributed by atoms with Crippen LogP contribution in [0.25, 0.3) is 0 Å². The van der Waals surface area contributed by atoms with E-state index in [9.17, 15) is 14.4 Å². The second-order valence-electron chi connectivity index (χ2n) is 17.4. The number of hydrogen-bond acceptors (Lipinski definition) is 6. The summed E-state index contributed by atoms with van der Waals surface area (Å²) in [6, 6.07) is 0. The van der Waals surface area contributed by atoms with E-state index in [1.165, 1.54) is 103 Å². The van der Waals surface area contributed by atoms with E-state index in [0.29, 0.717) is 19.3 Å². The van der Waals surface area contributed by atoms with Gasteiger partial charge in [0.2, 0.25) is 0 Å². The topological polar surface area (TPSA) is 78.9 Å². The minimum atomic E-state index is -0.786. The molecule has 0 saturated carbocycles. The maximum atomic E-state index is 12.8. The van der Waals surface area contributed by atoms with E-state index in [-0.39, 0.29) is 31.1 Å². The van der Waals surface area contributed by atoms with E-state index in [1.54, 1.807) is 0 Å². The van der Waals surface area contributed by atoms with Crippen LogP contribution in [0.3, 0.4) is 0 Å². The van der Waals surface area contributed by atoms with Crippen LogP contribution in [0.1, 0.15) is 258 Å². The van der Waals surface area contributed by atoms with Gasteiger partial charge in [0.05, 0.1) is 0 Å². The minimum absolute atomic E-state index is 0.0840. The molecule has 0 amide bonds. The predicted octanol–water partition coefficient (Wildman–Crippen LogP) is 17.3. The van der Waals surface area contributed by atoms with Gasteiger partial charge in [0.1, 0.15) is 13.2 Å². The smallest absolute Gasteiger partial charge is 0.306 e. The average Bonchev–Trinajstić information content (AvgIpc) is 3.27. The van der Waals surface area contributed by atoms with Gasteiger partial charge in [-0.15, -0.1) is 0 Å². The lowest BCUT2D eigenvalue weighted by molar-refractivity contribution is -0.167. The van der Waals surface area contributed by atoms with Crippen LogP contribution in [0.2, 0.25) is 0 Å². The molecule has 358 valence electrons. The molecule has 6 heteroatoms. The van der Waals surface area contributed by atoms with Crippen molar-refractivity contribution in [3.8, 4) is 0 Å². The number of unbranched alkanes of at least 4 members (excludes halogenated alkanes) is 26. The van der Waals surface area contributed by atoms with Gasteiger partial charge in [-0.25, -0.2) is 0 Å². The lowest BCUT2D eigenvalue weighted by Crippen LogP contribution is -2.30. The molecule has 0 N–H and O–H groups in total. The van der Waals surface area contributed by atoms with Crippen molar-refractivity contribution in [3.63, 3.8) is 0 Å². The molecule has 0 aliphatic carbocycles. The van der Waals surface area contributed by atoms with Gasteiger partial charge in [-0.1, -0.05) is 216 Å². The molecule has 0 rings (SSSR count). The molecule has 0 bridgehead atoms. The van der Waals surface area contributed by atoms with Crippen LogP contribution in [-0.4, -0.2) is 37.2 Å². The summed E-state index contributed by atoms with van der Waals surface area (Å²) in [4.78, 5) is 38.0. The molecule has 0 aliphatic rings. The van der Waals surface area contributed by atoms with E-state index < -0.39 is 6.10 Å². The zero-order valence-corrected chi connectivity index (χ0v) is 40.9. The fourth-order valence-corrected chi connectivity index (χ4v) is 7.31. The Morgan fingerprint density at radius 1 is 0.339 bits per heavy atom. The SMILES string of the molecule is CC/C=C\C/C=C\C/C=C\CCCCCCCC(=O)OC(COC(=O)CCCCCCC/C=C\C/C=C\CCCCCC)COC(=O)CCCCCCCCCCCCCCC. The number of ether oxygens (including phenoxy) is 3. The van der Waals surface area contributed by atoms with Crippen LogP contribution < -0.4 is 0 Å². The van der Waals surface area contributed by atoms with E-state index in [4.69, 9.17) is 14.2 Å². The van der Waals surface area contributed by atoms with Crippen molar-refractivity contribution in [2.75, 3.05) is 13.2 Å². The highest BCUT2D eigenvalue weighted by Gasteiger charge is 2.19. The van der Waals surface area contributed by atoms with Crippen molar-refractivity contribution in [1.29, 1.82) is 0 Å². The molecule has 0 spiro atoms. The van der Waals surface area contributed by atoms with Crippen molar-refractivity contribution >= 4 is 17.9 Å². The number of carbonyl (C=O) groups is 3. The highest BCUT2D eigenvalue weighted by Crippen LogP contribution is 2.15. The molecule has 0 heterocycles. The highest BCUT2D eigenvalue weighted by atomic mass is 16.6. The first-order chi connectivity index (χ1) is 30.5. The summed E-state index contributed by atoms with van der Waals surface area (Å²) in [7, 11) is 0. The number of rotatable bonds is 47. The molecule has 0 saturated heterocycles. The second kappa shape index (κ2) is 50.8. The molecule has 1 unspecified atom stereocenters. The minimum Gasteiger partial charge on any atom is -0.462 e. The van der Waals surface area contributed by atoms with Crippen molar-refractivity contribution in [3.05, 3.63) is 60.8 Å². The normalized spacial score (nSPS) is 12.5. The molecule has 0 aliphatic heterocycles. The molecular formula is C56H98O6. The van der Waals surface area contributed by atoms with Crippen molar-refractivity contribution < 1.29 is 28.6 Å². The third kappa shape index (κ3) is 48.1. The van der Waals surface area contributed by atoms with Crippen LogP contribution in [0.15, 0.2) is 60.8 Å². The summed E-state index contributed by atoms with van der Waals surface area (Å²) in [5.41, 5.74) is 0. The van der Waals surface area contributed by atoms with E-state index in [2.05, 4.69) is 81.5 Å². The number of allylic oxidation sites excluding steroid dienone is 10. The standard InChI is InChI=1S/C56H98O6/c1-4-7-10-13-16-19-22-25-27-29-31-34-37-40-43-46-49-55(58)61-52-53(51-60-54(57)48-45-42-39-36-33-30-24-21-18-15-12-9-6-3)62-56(59)50-47-44-41-38-35-32-28-26-23-20-17-14-11-8-5-2/h8,11,17,19-20,22,26-29,53H,4-7,9-10,12-16,18,21,23-25,30-52H2,1-3H3/b11-8-,20-17-,22-19-,28-26-,29-27-. The van der Waals surface area contributed by atoms with Crippen LogP contribution in [0, 0.1) is 0 Å². The van der Waals surface area contributed by atoms with E-state index in [1.807, 2.05) is 0 Å². The molecule has 0 aromatic rings. The number of esters is 3. The summed E-state index contributed by atoms with van der Waals surface area (Å²) >= 11 is 0. The molecule has 0 radical (unpaired) electrons. The molecule has 0 aromatic carbocycles. The van der Waals surface area contributed by atoms with Gasteiger partial charge >= 0.3 is 17.9 Å². The fourth-order valence-electron chi connectivity index (χ4n) is 7.31. The summed E-state index contributed by atoms with van der Waals surface area (Å²) in [5, 5.41) is 0. The number of carbonyl (C=O) groups excluding carboxylic acids is 3. The summed E-state index contributed by atoms with van der Waals surface area (Å²) in [6.07, 6.45) is 62.0. The highest BCUT2D eigenvalue weighted by molar-refractivity contribution is 5.71. The average molecular weight is 867 g/mol. The van der Waals surface area contributed by atoms with Gasteiger partial charge in [0.25, 0.3) is 0 Å². The molecule has 62 heavy (non-hydrogen) atoms. The first kappa shape index (κ1) is 59.1. The Morgan fingerprint density at radius 3 is 1.00 bits per heavy atom. The van der Waals surface area contributed by atoms with Gasteiger partial charge in [0.15, 0.2) is 6.10 Å². The molecule has 0 fully saturated rings. The quantitative estimate of drug-likeness (QED) is 0.0262. The van der Waals surface area contributed by atoms with Crippen molar-refractivity contribution in [2.45, 2.75) is 264 Å². The van der Waals surface area contributed by atoms with Crippen LogP contribution in [-0.2, 0) is 28.6 Å². The third-order valence-corrected chi connectivity index (χ3v) is 11.3. The van der Waals surface area contributed by atoms with Gasteiger partial charge in [-0.2, -0.15) is 0 Å². The van der Waals surface area contributed by atoms with Gasteiger partial charge in [0, 0.05) is 19.3 Å². The first-order valence-electron chi connectivity index (χ1n) is 26.3. The van der Waals surface area contributed by atoms with E-state index in [0.717, 1.165) is 116 Å². The van der Waals surface area contributed by atoms with Crippen LogP contribution in [0.5, 0.6) is 0 Å². The zero-order valence-electron chi connectivity index (χ0n) is 40.9. The Bertz CT molecular complexity index is 1130. The van der Waals surface area contributed by atoms with Gasteiger partial charge in [-0.3, -0.25) is 14.4 Å². The first-order valence-corrected chi connectivity index (χ1v) is 26.3. The lowest BCUT2D eigenvalue weighted by atomic mass is 10.0. The Hall–Kier alpha value is -2.89. The summed E-state index contributed by atoms with van der Waals surface area (Å²) in [5.74, 6) is -0.909. The largest absolute Gasteiger partial charge is 0.462 e. The maximum Gasteiger partial charge on any atom is 0.306 e. The van der Waals surface area contributed by atoms with Crippen LogP contribution >= 0.6 is 0 Å². The summed E-state index contributed by atoms with van der Waals surface area (Å²) in [6.45, 7) is 6.49. The fraction of sp³-hybridized carbons (Fsp3) is 0.768. The monoisotopic (exact) mass is 867 g/mol. The molecular weight excluding hydrogens is 769 g/mol. The predicted molar refractivity (Wildman–Crippen MR) is 265 cm³/mol. The number of hydrogen-bond donors (Lipinski definition) is 0. The molecule has 0 aromatic heterocycles. The Balaban J connectivity index is 4.42. The van der Waals surface area contributed by atoms with Gasteiger partial charge in [-0.05, 0) is 83.5 Å². The van der Waals surface area contributed by atoms with Crippen LogP contribution in [0.4, 0.5) is 0 Å². The molecule has 1 atom stereocenters. The van der Waals surface area contributed by atoms with Crippen molar-refractivity contribution in [2.24, 2.45) is 0 Å². The summed E-state index contributed by atoms with van der Waals surface area (Å²) < 4.78 is 16.8. The Morgan fingerprint density at radius 2 is 0.629 bits per heavy atom. The second-order valence-corrected chi connectivity index (χ2v) is 17.4. The zero-order chi connectivity index (χ0) is 45.1. The molecule has 6 nitrogen and oxygen atoms in total. The van der Waals surface area contributed by atoms with E-state index >= 15 is 0 Å². The Labute approximate surface area is 383 Å².